The number of aromatic nitrogens is 3. The van der Waals surface area contributed by atoms with E-state index < -0.39 is 0 Å². The van der Waals surface area contributed by atoms with E-state index in [1.54, 1.807) is 21.3 Å². The monoisotopic (exact) mass is 437 g/mol. The summed E-state index contributed by atoms with van der Waals surface area (Å²) in [6, 6.07) is 23.6. The Bertz CT molecular complexity index is 1460. The number of benzene rings is 3. The van der Waals surface area contributed by atoms with Crippen LogP contribution in [0.2, 0.25) is 0 Å². The summed E-state index contributed by atoms with van der Waals surface area (Å²) < 4.78 is 17.8. The van der Waals surface area contributed by atoms with Crippen LogP contribution >= 0.6 is 0 Å². The van der Waals surface area contributed by atoms with Crippen LogP contribution in [0.5, 0.6) is 17.2 Å². The highest BCUT2D eigenvalue weighted by Crippen LogP contribution is 2.34. The molecule has 0 fully saturated rings. The first-order valence-electron chi connectivity index (χ1n) is 10.5. The van der Waals surface area contributed by atoms with E-state index in [0.717, 1.165) is 56.1 Å². The maximum Gasteiger partial charge on any atom is 0.182 e. The van der Waals surface area contributed by atoms with Crippen molar-refractivity contribution >= 4 is 12.2 Å². The fourth-order valence-electron chi connectivity index (χ4n) is 3.97. The highest BCUT2D eigenvalue weighted by Gasteiger charge is 2.21. The minimum Gasteiger partial charge on any atom is -0.497 e. The molecule has 5 rings (SSSR count). The molecule has 0 aliphatic rings. The first-order chi connectivity index (χ1) is 16.1. The molecule has 33 heavy (non-hydrogen) atoms. The van der Waals surface area contributed by atoms with Crippen LogP contribution in [0.15, 0.2) is 72.8 Å². The van der Waals surface area contributed by atoms with Crippen LogP contribution in [0.25, 0.3) is 46.0 Å². The van der Waals surface area contributed by atoms with Gasteiger partial charge in [-0.1, -0.05) is 18.7 Å². The van der Waals surface area contributed by atoms with E-state index in [1.807, 2.05) is 77.3 Å². The summed E-state index contributed by atoms with van der Waals surface area (Å²) >= 11 is 0. The lowest BCUT2D eigenvalue weighted by atomic mass is 10.00. The fourth-order valence-corrected chi connectivity index (χ4v) is 3.97. The molecule has 6 nitrogen and oxygen atoms in total. The third kappa shape index (κ3) is 3.55. The summed E-state index contributed by atoms with van der Waals surface area (Å²) in [5, 5.41) is 5.68. The summed E-state index contributed by atoms with van der Waals surface area (Å²) in [5.74, 6) is 3.01. The summed E-state index contributed by atoms with van der Waals surface area (Å²) in [6.07, 6.45) is 0. The second kappa shape index (κ2) is 8.31. The zero-order valence-electron chi connectivity index (χ0n) is 18.7. The lowest BCUT2D eigenvalue weighted by molar-refractivity contribution is 0.414. The molecule has 2 heterocycles. The molecular weight excluding hydrogens is 414 g/mol. The normalized spacial score (nSPS) is 11.0. The van der Waals surface area contributed by atoms with Crippen LogP contribution < -0.4 is 19.4 Å². The van der Waals surface area contributed by atoms with E-state index in [0.29, 0.717) is 5.82 Å². The Balaban J connectivity index is 1.73. The minimum absolute atomic E-state index is 0.633. The summed E-state index contributed by atoms with van der Waals surface area (Å²) in [6.45, 7) is 4.38. The second-order valence-electron chi connectivity index (χ2n) is 7.56. The van der Waals surface area contributed by atoms with Crippen LogP contribution in [0.4, 0.5) is 0 Å². The molecule has 0 atom stereocenters. The van der Waals surface area contributed by atoms with Gasteiger partial charge in [0, 0.05) is 21.9 Å². The molecule has 0 radical (unpaired) electrons. The molecule has 0 N–H and O–H groups in total. The van der Waals surface area contributed by atoms with Crippen LogP contribution in [-0.4, -0.2) is 35.9 Å². The molecule has 0 saturated carbocycles. The lowest BCUT2D eigenvalue weighted by Gasteiger charge is -2.08. The van der Waals surface area contributed by atoms with Crippen LogP contribution in [0.1, 0.15) is 0 Å². The number of fused-ring (bicyclic) bond motifs is 1. The van der Waals surface area contributed by atoms with Crippen molar-refractivity contribution in [2.45, 2.75) is 0 Å². The Labute approximate surface area is 191 Å². The van der Waals surface area contributed by atoms with Crippen LogP contribution in [0.3, 0.4) is 0 Å². The van der Waals surface area contributed by atoms with Crippen molar-refractivity contribution < 1.29 is 14.2 Å². The second-order valence-corrected chi connectivity index (χ2v) is 7.56. The van der Waals surface area contributed by atoms with Gasteiger partial charge in [0.25, 0.3) is 0 Å². The minimum atomic E-state index is 0.633. The smallest absolute Gasteiger partial charge is 0.182 e. The Morgan fingerprint density at radius 3 is 1.58 bits per heavy atom. The van der Waals surface area contributed by atoms with Crippen molar-refractivity contribution in [3.63, 3.8) is 0 Å². The van der Waals surface area contributed by atoms with Gasteiger partial charge < -0.3 is 14.2 Å². The fraction of sp³-hybridized carbons (Fsp3) is 0.111. The first-order valence-corrected chi connectivity index (χ1v) is 10.5. The predicted molar refractivity (Wildman–Crippen MR) is 130 cm³/mol. The first kappa shape index (κ1) is 20.6. The van der Waals surface area contributed by atoms with Gasteiger partial charge in [-0.05, 0) is 66.2 Å². The molecule has 2 aromatic heterocycles. The molecule has 6 heteroatoms. The molecule has 0 aliphatic carbocycles. The van der Waals surface area contributed by atoms with Gasteiger partial charge in [-0.25, -0.2) is 9.50 Å². The maximum absolute atomic E-state index is 5.35. The average Bonchev–Trinajstić information content (AvgIpc) is 3.42. The van der Waals surface area contributed by atoms with Gasteiger partial charge in [-0.2, -0.15) is 0 Å². The number of ether oxygens (including phenoxy) is 3. The standard InChI is InChI=1S/C27H23N3O3/c1-17-24(18-5-11-21(31-2)12-6-18)25(19-7-13-22(32-3)14-8-19)30-27(17)28-26(29-30)20-9-15-23(33-4)16-10-20/h5-16H,1H2,2-4H3. The summed E-state index contributed by atoms with van der Waals surface area (Å²) in [7, 11) is 4.96. The van der Waals surface area contributed by atoms with Crippen LogP contribution in [-0.2, 0) is 0 Å². The lowest BCUT2D eigenvalue weighted by Crippen LogP contribution is -2.00. The van der Waals surface area contributed by atoms with Crippen molar-refractivity contribution in [2.24, 2.45) is 0 Å². The van der Waals surface area contributed by atoms with Gasteiger partial charge in [0.1, 0.15) is 17.2 Å². The summed E-state index contributed by atoms with van der Waals surface area (Å²) in [4.78, 5) is 4.84. The molecule has 5 aromatic rings. The van der Waals surface area contributed by atoms with E-state index >= 15 is 0 Å². The zero-order valence-corrected chi connectivity index (χ0v) is 18.7. The van der Waals surface area contributed by atoms with Crippen LogP contribution in [0, 0.1) is 0 Å². The van der Waals surface area contributed by atoms with Gasteiger partial charge in [0.15, 0.2) is 11.5 Å². The Hall–Kier alpha value is -4.32. The molecule has 0 unspecified atom stereocenters. The van der Waals surface area contributed by atoms with Crippen molar-refractivity contribution in [1.29, 1.82) is 0 Å². The van der Waals surface area contributed by atoms with Gasteiger partial charge in [0.05, 0.1) is 27.0 Å². The third-order valence-electron chi connectivity index (χ3n) is 5.72. The topological polar surface area (TPSA) is 57.9 Å². The quantitative estimate of drug-likeness (QED) is 0.379. The van der Waals surface area contributed by atoms with Crippen molar-refractivity contribution in [1.82, 2.24) is 14.6 Å². The molecule has 0 spiro atoms. The Morgan fingerprint density at radius 1 is 0.636 bits per heavy atom. The van der Waals surface area contributed by atoms with E-state index in [4.69, 9.17) is 24.3 Å². The van der Waals surface area contributed by atoms with Crippen molar-refractivity contribution in [3.8, 4) is 51.0 Å². The summed E-state index contributed by atoms with van der Waals surface area (Å²) in [5.41, 5.74) is 5.55. The number of methoxy groups -OCH3 is 3. The average molecular weight is 437 g/mol. The van der Waals surface area contributed by atoms with E-state index in [1.165, 1.54) is 0 Å². The number of hydrogen-bond donors (Lipinski definition) is 0. The number of rotatable bonds is 6. The largest absolute Gasteiger partial charge is 0.497 e. The highest BCUT2D eigenvalue weighted by molar-refractivity contribution is 5.87. The van der Waals surface area contributed by atoms with E-state index in [2.05, 4.69) is 6.58 Å². The number of nitrogens with zero attached hydrogens (tertiary/aromatic N) is 3. The molecular formula is C27H23N3O3. The van der Waals surface area contributed by atoms with Crippen molar-refractivity contribution in [2.75, 3.05) is 21.3 Å². The molecule has 0 aliphatic heterocycles. The van der Waals surface area contributed by atoms with Crippen molar-refractivity contribution in [3.05, 3.63) is 78.0 Å². The SMILES string of the molecule is C=c1c(-c2ccc(OC)cc2)c(-c2ccc(OC)cc2)n2nc(-c3ccc(OC)cc3)nc12. The molecule has 164 valence electrons. The molecule has 0 saturated heterocycles. The molecule has 3 aromatic carbocycles. The predicted octanol–water partition coefficient (Wildman–Crippen LogP) is 4.89. The van der Waals surface area contributed by atoms with Gasteiger partial charge in [0.2, 0.25) is 0 Å². The van der Waals surface area contributed by atoms with Gasteiger partial charge >= 0.3 is 0 Å². The maximum atomic E-state index is 5.35. The molecule has 0 bridgehead atoms. The van der Waals surface area contributed by atoms with E-state index in [9.17, 15) is 0 Å². The van der Waals surface area contributed by atoms with E-state index in [-0.39, 0.29) is 0 Å². The Kier molecular flexibility index (Phi) is 5.18. The highest BCUT2D eigenvalue weighted by atomic mass is 16.5. The number of hydrogen-bond acceptors (Lipinski definition) is 5. The van der Waals surface area contributed by atoms with Gasteiger partial charge in [-0.3, -0.25) is 0 Å². The van der Waals surface area contributed by atoms with Gasteiger partial charge in [-0.15, -0.1) is 5.10 Å². The molecule has 0 amide bonds. The zero-order chi connectivity index (χ0) is 22.9. The Morgan fingerprint density at radius 2 is 1.09 bits per heavy atom. The third-order valence-corrected chi connectivity index (χ3v) is 5.72.